The zero-order valence-electron chi connectivity index (χ0n) is 11.6. The zero-order valence-corrected chi connectivity index (χ0v) is 12.3. The topological polar surface area (TPSA) is 53.2 Å². The first kappa shape index (κ1) is 13.9. The van der Waals surface area contributed by atoms with Crippen LogP contribution in [0.25, 0.3) is 0 Å². The average Bonchev–Trinajstić information content (AvgIpc) is 2.87. The van der Waals surface area contributed by atoms with E-state index in [0.717, 1.165) is 24.1 Å². The number of amides is 1. The largest absolute Gasteiger partial charge is 0.325 e. The second-order valence-corrected chi connectivity index (χ2v) is 6.18. The molecule has 2 fully saturated rings. The lowest BCUT2D eigenvalue weighted by molar-refractivity contribution is -0.118. The van der Waals surface area contributed by atoms with Crippen LogP contribution in [0.3, 0.4) is 0 Å². The van der Waals surface area contributed by atoms with Crippen molar-refractivity contribution in [2.24, 2.45) is 5.92 Å². The Labute approximate surface area is 124 Å². The molecule has 1 aromatic carbocycles. The number of hydrogen-bond acceptors (Lipinski definition) is 3. The van der Waals surface area contributed by atoms with Gasteiger partial charge in [-0.1, -0.05) is 30.5 Å². The van der Waals surface area contributed by atoms with Crippen LogP contribution in [0.1, 0.15) is 31.2 Å². The van der Waals surface area contributed by atoms with Gasteiger partial charge in [0.15, 0.2) is 0 Å². The first-order chi connectivity index (χ1) is 9.65. The first-order valence-corrected chi connectivity index (χ1v) is 7.61. The minimum absolute atomic E-state index is 0.0202. The van der Waals surface area contributed by atoms with Gasteiger partial charge in [0.2, 0.25) is 5.91 Å². The van der Waals surface area contributed by atoms with Gasteiger partial charge in [-0.2, -0.15) is 0 Å². The van der Waals surface area contributed by atoms with Crippen LogP contribution in [0.4, 0.5) is 5.69 Å². The van der Waals surface area contributed by atoms with Gasteiger partial charge in [-0.3, -0.25) is 10.2 Å². The molecule has 1 saturated carbocycles. The minimum Gasteiger partial charge on any atom is -0.325 e. The molecular formula is C15H20ClN3O. The second kappa shape index (κ2) is 5.72. The number of anilines is 1. The molecular weight excluding hydrogens is 274 g/mol. The van der Waals surface area contributed by atoms with Gasteiger partial charge in [-0.15, -0.1) is 0 Å². The molecule has 0 radical (unpaired) electrons. The second-order valence-electron chi connectivity index (χ2n) is 5.77. The van der Waals surface area contributed by atoms with Gasteiger partial charge in [-0.05, 0) is 37.5 Å². The van der Waals surface area contributed by atoms with E-state index < -0.39 is 0 Å². The maximum absolute atomic E-state index is 12.4. The molecule has 1 saturated heterocycles. The van der Waals surface area contributed by atoms with Crippen molar-refractivity contribution in [1.29, 1.82) is 0 Å². The Bertz CT molecular complexity index is 520. The molecule has 108 valence electrons. The van der Waals surface area contributed by atoms with Gasteiger partial charge in [-0.25, -0.2) is 5.43 Å². The van der Waals surface area contributed by atoms with E-state index in [9.17, 15) is 4.79 Å². The van der Waals surface area contributed by atoms with Gasteiger partial charge >= 0.3 is 0 Å². The molecule has 1 amide bonds. The average molecular weight is 294 g/mol. The SMILES string of the molecule is Cc1ccc(NC(=O)C2NNC3CCCCC32)cc1Cl. The van der Waals surface area contributed by atoms with E-state index in [4.69, 9.17) is 11.6 Å². The molecule has 1 aromatic rings. The van der Waals surface area contributed by atoms with Crippen molar-refractivity contribution in [2.45, 2.75) is 44.7 Å². The number of hydrazine groups is 1. The maximum Gasteiger partial charge on any atom is 0.243 e. The molecule has 0 aromatic heterocycles. The predicted octanol–water partition coefficient (Wildman–Crippen LogP) is 2.62. The summed E-state index contributed by atoms with van der Waals surface area (Å²) in [4.78, 5) is 12.4. The summed E-state index contributed by atoms with van der Waals surface area (Å²) in [5, 5.41) is 3.64. The number of aryl methyl sites for hydroxylation is 1. The normalized spacial score (nSPS) is 29.0. The summed E-state index contributed by atoms with van der Waals surface area (Å²) >= 11 is 6.09. The summed E-state index contributed by atoms with van der Waals surface area (Å²) in [6.07, 6.45) is 4.72. The molecule has 0 spiro atoms. The number of nitrogens with one attached hydrogen (secondary N) is 3. The number of rotatable bonds is 2. The van der Waals surface area contributed by atoms with E-state index in [1.54, 1.807) is 6.07 Å². The monoisotopic (exact) mass is 293 g/mol. The van der Waals surface area contributed by atoms with Gasteiger partial charge in [0.25, 0.3) is 0 Å². The lowest BCUT2D eigenvalue weighted by Gasteiger charge is -2.26. The Balaban J connectivity index is 1.68. The van der Waals surface area contributed by atoms with Crippen LogP contribution in [-0.4, -0.2) is 18.0 Å². The van der Waals surface area contributed by atoms with Crippen molar-refractivity contribution in [3.05, 3.63) is 28.8 Å². The fourth-order valence-electron chi connectivity index (χ4n) is 3.19. The lowest BCUT2D eigenvalue weighted by atomic mass is 9.81. The van der Waals surface area contributed by atoms with Crippen molar-refractivity contribution < 1.29 is 4.79 Å². The summed E-state index contributed by atoms with van der Waals surface area (Å²) in [5.41, 5.74) is 8.18. The molecule has 20 heavy (non-hydrogen) atoms. The maximum atomic E-state index is 12.4. The highest BCUT2D eigenvalue weighted by Crippen LogP contribution is 2.30. The Kier molecular flexibility index (Phi) is 3.96. The van der Waals surface area contributed by atoms with Gasteiger partial charge < -0.3 is 5.32 Å². The number of carbonyl (C=O) groups is 1. The smallest absolute Gasteiger partial charge is 0.243 e. The van der Waals surface area contributed by atoms with E-state index in [-0.39, 0.29) is 11.9 Å². The molecule has 3 N–H and O–H groups in total. The van der Waals surface area contributed by atoms with Crippen LogP contribution in [0.5, 0.6) is 0 Å². The van der Waals surface area contributed by atoms with E-state index in [0.29, 0.717) is 17.0 Å². The Morgan fingerprint density at radius 3 is 2.90 bits per heavy atom. The van der Waals surface area contributed by atoms with Crippen LogP contribution in [0.2, 0.25) is 5.02 Å². The Hall–Kier alpha value is -1.10. The van der Waals surface area contributed by atoms with Crippen molar-refractivity contribution in [2.75, 3.05) is 5.32 Å². The van der Waals surface area contributed by atoms with E-state index >= 15 is 0 Å². The highest BCUT2D eigenvalue weighted by atomic mass is 35.5. The number of benzene rings is 1. The molecule has 2 aliphatic rings. The molecule has 5 heteroatoms. The third-order valence-electron chi connectivity index (χ3n) is 4.39. The molecule has 1 aliphatic heterocycles. The number of hydrogen-bond donors (Lipinski definition) is 3. The van der Waals surface area contributed by atoms with Crippen molar-refractivity contribution in [3.63, 3.8) is 0 Å². The summed E-state index contributed by atoms with van der Waals surface area (Å²) in [6.45, 7) is 1.95. The van der Waals surface area contributed by atoms with Crippen molar-refractivity contribution >= 4 is 23.2 Å². The van der Waals surface area contributed by atoms with Gasteiger partial charge in [0.1, 0.15) is 6.04 Å². The number of carbonyl (C=O) groups excluding carboxylic acids is 1. The van der Waals surface area contributed by atoms with E-state index in [1.807, 2.05) is 19.1 Å². The summed E-state index contributed by atoms with van der Waals surface area (Å²) in [5.74, 6) is 0.413. The fraction of sp³-hybridized carbons (Fsp3) is 0.533. The summed E-state index contributed by atoms with van der Waals surface area (Å²) in [7, 11) is 0. The van der Waals surface area contributed by atoms with Gasteiger partial charge in [0.05, 0.1) is 0 Å². The first-order valence-electron chi connectivity index (χ1n) is 7.23. The minimum atomic E-state index is -0.152. The predicted molar refractivity (Wildman–Crippen MR) is 80.6 cm³/mol. The molecule has 4 nitrogen and oxygen atoms in total. The third-order valence-corrected chi connectivity index (χ3v) is 4.80. The van der Waals surface area contributed by atoms with Crippen LogP contribution >= 0.6 is 11.6 Å². The highest BCUT2D eigenvalue weighted by molar-refractivity contribution is 6.31. The Morgan fingerprint density at radius 1 is 1.30 bits per heavy atom. The Morgan fingerprint density at radius 2 is 2.10 bits per heavy atom. The summed E-state index contributed by atoms with van der Waals surface area (Å²) in [6, 6.07) is 5.89. The molecule has 3 atom stereocenters. The molecule has 1 heterocycles. The number of halogens is 1. The standard InChI is InChI=1S/C15H20ClN3O/c1-9-6-7-10(8-12(9)16)17-15(20)14-11-4-2-3-5-13(11)18-19-14/h6-8,11,13-14,18-19H,2-5H2,1H3,(H,17,20). The fourth-order valence-corrected chi connectivity index (χ4v) is 3.37. The third kappa shape index (κ3) is 2.68. The van der Waals surface area contributed by atoms with Crippen LogP contribution in [0.15, 0.2) is 18.2 Å². The van der Waals surface area contributed by atoms with E-state index in [2.05, 4.69) is 16.2 Å². The van der Waals surface area contributed by atoms with Crippen LogP contribution in [-0.2, 0) is 4.79 Å². The lowest BCUT2D eigenvalue weighted by Crippen LogP contribution is -2.42. The zero-order chi connectivity index (χ0) is 14.1. The molecule has 0 bridgehead atoms. The highest BCUT2D eigenvalue weighted by Gasteiger charge is 2.40. The van der Waals surface area contributed by atoms with Crippen LogP contribution in [0, 0.1) is 12.8 Å². The molecule has 1 aliphatic carbocycles. The van der Waals surface area contributed by atoms with E-state index in [1.165, 1.54) is 12.8 Å². The van der Waals surface area contributed by atoms with Gasteiger partial charge in [0, 0.05) is 22.7 Å². The number of fused-ring (bicyclic) bond motifs is 1. The molecule has 3 rings (SSSR count). The summed E-state index contributed by atoms with van der Waals surface area (Å²) < 4.78 is 0. The van der Waals surface area contributed by atoms with Crippen molar-refractivity contribution in [1.82, 2.24) is 10.9 Å². The van der Waals surface area contributed by atoms with Crippen molar-refractivity contribution in [3.8, 4) is 0 Å². The molecule has 3 unspecified atom stereocenters. The van der Waals surface area contributed by atoms with Crippen LogP contribution < -0.4 is 16.2 Å². The quantitative estimate of drug-likeness (QED) is 0.786.